The van der Waals surface area contributed by atoms with Gasteiger partial charge in [0, 0.05) is 30.4 Å². The summed E-state index contributed by atoms with van der Waals surface area (Å²) in [6, 6.07) is 4.56. The first-order valence-corrected chi connectivity index (χ1v) is 6.13. The number of hydrogen-bond acceptors (Lipinski definition) is 4. The third-order valence-corrected chi connectivity index (χ3v) is 3.28. The van der Waals surface area contributed by atoms with E-state index in [-0.39, 0.29) is 12.2 Å². The molecule has 1 aliphatic heterocycles. The molecular weight excluding hydrogens is 232 g/mol. The fraction of sp³-hybridized carbons (Fsp3) is 0.462. The molecule has 5 nitrogen and oxygen atoms in total. The van der Waals surface area contributed by atoms with Gasteiger partial charge in [0.1, 0.15) is 5.75 Å². The zero-order chi connectivity index (χ0) is 13.1. The van der Waals surface area contributed by atoms with E-state index in [1.807, 2.05) is 6.07 Å². The number of benzene rings is 1. The summed E-state index contributed by atoms with van der Waals surface area (Å²) in [5.74, 6) is -0.903. The largest absolute Gasteiger partial charge is 0.508 e. The Kier molecular flexibility index (Phi) is 3.72. The lowest BCUT2D eigenvalue weighted by atomic mass is 10.0. The first kappa shape index (κ1) is 12.7. The van der Waals surface area contributed by atoms with E-state index in [0.717, 1.165) is 31.6 Å². The summed E-state index contributed by atoms with van der Waals surface area (Å²) in [5.41, 5.74) is 7.31. The maximum Gasteiger partial charge on any atom is 0.305 e. The highest BCUT2D eigenvalue weighted by atomic mass is 16.4. The molecule has 0 aliphatic carbocycles. The van der Waals surface area contributed by atoms with E-state index >= 15 is 0 Å². The maximum absolute atomic E-state index is 10.7. The van der Waals surface area contributed by atoms with Crippen molar-refractivity contribution in [2.24, 2.45) is 5.73 Å². The predicted molar refractivity (Wildman–Crippen MR) is 68.7 cm³/mol. The highest BCUT2D eigenvalue weighted by molar-refractivity contribution is 5.68. The summed E-state index contributed by atoms with van der Waals surface area (Å²) in [4.78, 5) is 12.9. The summed E-state index contributed by atoms with van der Waals surface area (Å²) >= 11 is 0. The molecule has 0 spiro atoms. The van der Waals surface area contributed by atoms with Crippen LogP contribution in [0, 0.1) is 0 Å². The summed E-state index contributed by atoms with van der Waals surface area (Å²) < 4.78 is 0. The summed E-state index contributed by atoms with van der Waals surface area (Å²) in [6.07, 6.45) is 2.14. The van der Waals surface area contributed by atoms with Crippen LogP contribution in [0.5, 0.6) is 5.75 Å². The normalized spacial score (nSPS) is 16.8. The Bertz CT molecular complexity index is 442. The van der Waals surface area contributed by atoms with Gasteiger partial charge in [-0.05, 0) is 31.0 Å². The van der Waals surface area contributed by atoms with Crippen molar-refractivity contribution in [2.75, 3.05) is 18.0 Å². The second-order valence-corrected chi connectivity index (χ2v) is 4.64. The third-order valence-electron chi connectivity index (χ3n) is 3.28. The van der Waals surface area contributed by atoms with Gasteiger partial charge in [0.25, 0.3) is 0 Å². The number of aromatic hydroxyl groups is 1. The minimum absolute atomic E-state index is 0.0618. The Balaban J connectivity index is 2.22. The van der Waals surface area contributed by atoms with Crippen LogP contribution in [0.25, 0.3) is 0 Å². The number of nitrogens with two attached hydrogens (primary N) is 1. The number of carbonyl (C=O) groups is 1. The summed E-state index contributed by atoms with van der Waals surface area (Å²) in [6.45, 7) is 2.00. The van der Waals surface area contributed by atoms with Crippen molar-refractivity contribution in [1.82, 2.24) is 0 Å². The number of carboxylic acids is 1. The van der Waals surface area contributed by atoms with Gasteiger partial charge < -0.3 is 20.8 Å². The number of rotatable bonds is 4. The fourth-order valence-electron chi connectivity index (χ4n) is 2.31. The van der Waals surface area contributed by atoms with Gasteiger partial charge in [-0.25, -0.2) is 0 Å². The van der Waals surface area contributed by atoms with Crippen molar-refractivity contribution in [3.8, 4) is 5.75 Å². The second-order valence-electron chi connectivity index (χ2n) is 4.64. The van der Waals surface area contributed by atoms with Gasteiger partial charge in [0.15, 0.2) is 0 Å². The zero-order valence-electron chi connectivity index (χ0n) is 10.2. The van der Waals surface area contributed by atoms with Crippen molar-refractivity contribution < 1.29 is 15.0 Å². The van der Waals surface area contributed by atoms with Crippen LogP contribution >= 0.6 is 0 Å². The molecule has 5 heteroatoms. The molecule has 1 heterocycles. The minimum Gasteiger partial charge on any atom is -0.508 e. The number of phenolic OH excluding ortho intramolecular Hbond substituents is 1. The van der Waals surface area contributed by atoms with E-state index in [2.05, 4.69) is 4.90 Å². The Hall–Kier alpha value is -1.75. The van der Waals surface area contributed by atoms with Crippen LogP contribution in [-0.4, -0.2) is 29.3 Å². The average molecular weight is 250 g/mol. The zero-order valence-corrected chi connectivity index (χ0v) is 10.2. The third kappa shape index (κ3) is 2.73. The van der Waals surface area contributed by atoms with Crippen LogP contribution < -0.4 is 10.6 Å². The van der Waals surface area contributed by atoms with Crippen LogP contribution in [0.15, 0.2) is 18.2 Å². The number of nitrogens with zero attached hydrogens (tertiary/aromatic N) is 1. The molecule has 18 heavy (non-hydrogen) atoms. The number of anilines is 1. The lowest BCUT2D eigenvalue weighted by Crippen LogP contribution is -2.19. The lowest BCUT2D eigenvalue weighted by molar-refractivity contribution is -0.137. The molecule has 1 atom stereocenters. The molecule has 0 amide bonds. The molecule has 1 aromatic rings. The Morgan fingerprint density at radius 2 is 2.06 bits per heavy atom. The van der Waals surface area contributed by atoms with Gasteiger partial charge in [-0.1, -0.05) is 0 Å². The maximum atomic E-state index is 10.7. The van der Waals surface area contributed by atoms with E-state index in [1.165, 1.54) is 0 Å². The molecule has 2 rings (SSSR count). The summed E-state index contributed by atoms with van der Waals surface area (Å²) in [7, 11) is 0. The SMILES string of the molecule is NC(CC(=O)O)c1cc(N2CCCC2)ccc1O. The molecule has 98 valence electrons. The van der Waals surface area contributed by atoms with Crippen LogP contribution in [0.2, 0.25) is 0 Å². The molecule has 1 saturated heterocycles. The number of aliphatic carboxylic acids is 1. The van der Waals surface area contributed by atoms with Gasteiger partial charge in [-0.3, -0.25) is 4.79 Å². The molecular formula is C13H18N2O3. The van der Waals surface area contributed by atoms with E-state index in [9.17, 15) is 9.90 Å². The first-order valence-electron chi connectivity index (χ1n) is 6.13. The molecule has 1 aliphatic rings. The second kappa shape index (κ2) is 5.27. The smallest absolute Gasteiger partial charge is 0.305 e. The Morgan fingerprint density at radius 1 is 1.39 bits per heavy atom. The summed E-state index contributed by atoms with van der Waals surface area (Å²) in [5, 5.41) is 18.5. The fourth-order valence-corrected chi connectivity index (χ4v) is 2.31. The highest BCUT2D eigenvalue weighted by Crippen LogP contribution is 2.30. The van der Waals surface area contributed by atoms with Gasteiger partial charge in [-0.15, -0.1) is 0 Å². The van der Waals surface area contributed by atoms with Crippen LogP contribution in [0.1, 0.15) is 30.9 Å². The standard InChI is InChI=1S/C13H18N2O3/c14-11(8-13(17)18)10-7-9(3-4-12(10)16)15-5-1-2-6-15/h3-4,7,11,16H,1-2,5-6,8,14H2,(H,17,18). The number of hydrogen-bond donors (Lipinski definition) is 3. The monoisotopic (exact) mass is 250 g/mol. The molecule has 4 N–H and O–H groups in total. The van der Waals surface area contributed by atoms with Crippen molar-refractivity contribution in [2.45, 2.75) is 25.3 Å². The highest BCUT2D eigenvalue weighted by Gasteiger charge is 2.18. The van der Waals surface area contributed by atoms with Gasteiger partial charge in [0.2, 0.25) is 0 Å². The van der Waals surface area contributed by atoms with Crippen molar-refractivity contribution in [1.29, 1.82) is 0 Å². The lowest BCUT2D eigenvalue weighted by Gasteiger charge is -2.20. The van der Waals surface area contributed by atoms with Crippen LogP contribution in [0.3, 0.4) is 0 Å². The first-order chi connectivity index (χ1) is 8.58. The number of carboxylic acid groups (broad SMARTS) is 1. The van der Waals surface area contributed by atoms with Crippen molar-refractivity contribution in [3.05, 3.63) is 23.8 Å². The molecule has 1 fully saturated rings. The predicted octanol–water partition coefficient (Wildman–Crippen LogP) is 1.47. The molecule has 0 bridgehead atoms. The average Bonchev–Trinajstić information content (AvgIpc) is 2.82. The van der Waals surface area contributed by atoms with E-state index in [0.29, 0.717) is 5.56 Å². The van der Waals surface area contributed by atoms with E-state index < -0.39 is 12.0 Å². The van der Waals surface area contributed by atoms with E-state index in [4.69, 9.17) is 10.8 Å². The molecule has 1 unspecified atom stereocenters. The van der Waals surface area contributed by atoms with E-state index in [1.54, 1.807) is 12.1 Å². The van der Waals surface area contributed by atoms with Crippen LogP contribution in [0.4, 0.5) is 5.69 Å². The van der Waals surface area contributed by atoms with Crippen LogP contribution in [-0.2, 0) is 4.79 Å². The van der Waals surface area contributed by atoms with Gasteiger partial charge >= 0.3 is 5.97 Å². The molecule has 0 aromatic heterocycles. The van der Waals surface area contributed by atoms with Crippen molar-refractivity contribution >= 4 is 11.7 Å². The molecule has 1 aromatic carbocycles. The van der Waals surface area contributed by atoms with Crippen molar-refractivity contribution in [3.63, 3.8) is 0 Å². The number of phenols is 1. The Morgan fingerprint density at radius 3 is 2.67 bits per heavy atom. The molecule has 0 radical (unpaired) electrons. The van der Waals surface area contributed by atoms with Gasteiger partial charge in [-0.2, -0.15) is 0 Å². The van der Waals surface area contributed by atoms with Gasteiger partial charge in [0.05, 0.1) is 6.42 Å². The Labute approximate surface area is 106 Å². The quantitative estimate of drug-likeness (QED) is 0.753. The molecule has 0 saturated carbocycles. The minimum atomic E-state index is -0.964. The topological polar surface area (TPSA) is 86.8 Å².